The molecule has 0 aliphatic heterocycles. The van der Waals surface area contributed by atoms with Gasteiger partial charge in [0.25, 0.3) is 0 Å². The van der Waals surface area contributed by atoms with Gasteiger partial charge in [-0.05, 0) is 48.6 Å². The van der Waals surface area contributed by atoms with E-state index < -0.39 is 0 Å². The fourth-order valence-electron chi connectivity index (χ4n) is 4.49. The molecular formula is C27H32N4O3S. The van der Waals surface area contributed by atoms with Gasteiger partial charge in [0.15, 0.2) is 10.9 Å². The molecule has 1 heterocycles. The Bertz CT molecular complexity index is 1140. The third-order valence-electron chi connectivity index (χ3n) is 6.40. The molecule has 1 aliphatic rings. The molecule has 1 aromatic heterocycles. The summed E-state index contributed by atoms with van der Waals surface area (Å²) in [6.45, 7) is 1.95. The number of rotatable bonds is 10. The number of hydrogen-bond donors (Lipinski definition) is 1. The summed E-state index contributed by atoms with van der Waals surface area (Å²) in [7, 11) is 1.63. The van der Waals surface area contributed by atoms with Crippen molar-refractivity contribution in [2.24, 2.45) is 0 Å². The van der Waals surface area contributed by atoms with E-state index in [1.165, 1.54) is 56.4 Å². The van der Waals surface area contributed by atoms with E-state index >= 15 is 0 Å². The number of hydrogen-bond acceptors (Lipinski definition) is 6. The largest absolute Gasteiger partial charge is 0.497 e. The number of amides is 1. The summed E-state index contributed by atoms with van der Waals surface area (Å²) in [4.78, 5) is 24.2. The summed E-state index contributed by atoms with van der Waals surface area (Å²) in [6, 6.07) is 15.8. The van der Waals surface area contributed by atoms with Crippen molar-refractivity contribution in [2.75, 3.05) is 19.4 Å². The maximum Gasteiger partial charge on any atom is 0.216 e. The molecule has 0 saturated heterocycles. The van der Waals surface area contributed by atoms with Crippen LogP contribution in [-0.4, -0.2) is 45.9 Å². The highest BCUT2D eigenvalue weighted by Crippen LogP contribution is 2.33. The molecular weight excluding hydrogens is 460 g/mol. The molecule has 1 saturated carbocycles. The summed E-state index contributed by atoms with van der Waals surface area (Å²) >= 11 is 1.37. The first kappa shape index (κ1) is 25.0. The number of carbonyl (C=O) groups is 2. The molecule has 1 N–H and O–H groups in total. The predicted octanol–water partition coefficient (Wildman–Crippen LogP) is 4.98. The van der Waals surface area contributed by atoms with Crippen molar-refractivity contribution in [3.8, 4) is 11.4 Å². The van der Waals surface area contributed by atoms with Gasteiger partial charge in [0.1, 0.15) is 11.6 Å². The van der Waals surface area contributed by atoms with Crippen molar-refractivity contribution in [3.05, 3.63) is 65.5 Å². The van der Waals surface area contributed by atoms with Gasteiger partial charge in [-0.1, -0.05) is 55.3 Å². The van der Waals surface area contributed by atoms with Crippen molar-refractivity contribution in [1.82, 2.24) is 20.1 Å². The van der Waals surface area contributed by atoms with Crippen molar-refractivity contribution in [1.29, 1.82) is 0 Å². The van der Waals surface area contributed by atoms with Crippen molar-refractivity contribution in [3.63, 3.8) is 0 Å². The van der Waals surface area contributed by atoms with E-state index in [4.69, 9.17) is 4.74 Å². The van der Waals surface area contributed by atoms with Crippen LogP contribution >= 0.6 is 11.8 Å². The summed E-state index contributed by atoms with van der Waals surface area (Å²) in [5, 5.41) is 12.1. The maximum absolute atomic E-state index is 12.9. The minimum Gasteiger partial charge on any atom is -0.497 e. The highest BCUT2D eigenvalue weighted by atomic mass is 32.2. The van der Waals surface area contributed by atoms with E-state index in [1.807, 2.05) is 41.0 Å². The van der Waals surface area contributed by atoms with Crippen molar-refractivity contribution in [2.45, 2.75) is 56.5 Å². The Morgan fingerprint density at radius 3 is 2.40 bits per heavy atom. The molecule has 0 atom stereocenters. The van der Waals surface area contributed by atoms with Crippen LogP contribution in [0, 0.1) is 0 Å². The molecule has 3 aromatic rings. The zero-order valence-electron chi connectivity index (χ0n) is 20.3. The zero-order chi connectivity index (χ0) is 24.6. The number of thioether (sulfide) groups is 1. The van der Waals surface area contributed by atoms with Crippen LogP contribution in [0.4, 0.5) is 0 Å². The smallest absolute Gasteiger partial charge is 0.216 e. The van der Waals surface area contributed by atoms with Crippen molar-refractivity contribution < 1.29 is 14.3 Å². The van der Waals surface area contributed by atoms with E-state index in [1.54, 1.807) is 7.11 Å². The van der Waals surface area contributed by atoms with Crippen LogP contribution in [-0.2, 0) is 11.2 Å². The monoisotopic (exact) mass is 492 g/mol. The molecule has 1 fully saturated rings. The number of methoxy groups -OCH3 is 1. The molecule has 0 bridgehead atoms. The highest BCUT2D eigenvalue weighted by Gasteiger charge is 2.18. The lowest BCUT2D eigenvalue weighted by atomic mass is 9.84. The van der Waals surface area contributed by atoms with Gasteiger partial charge < -0.3 is 10.1 Å². The average Bonchev–Trinajstić information content (AvgIpc) is 3.30. The number of carbonyl (C=O) groups excluding carboxylic acids is 2. The molecule has 4 rings (SSSR count). The summed E-state index contributed by atoms with van der Waals surface area (Å²) < 4.78 is 7.21. The summed E-state index contributed by atoms with van der Waals surface area (Å²) in [5.41, 5.74) is 2.94. The summed E-state index contributed by atoms with van der Waals surface area (Å²) in [5.74, 6) is 2.34. The number of Topliss-reactive ketones (excluding diaryl/α,β-unsaturated/α-hetero) is 1. The number of aromatic nitrogens is 3. The summed E-state index contributed by atoms with van der Waals surface area (Å²) in [6.07, 6.45) is 6.94. The average molecular weight is 493 g/mol. The number of ether oxygens (including phenoxy) is 1. The van der Waals surface area contributed by atoms with Gasteiger partial charge in [0.2, 0.25) is 5.91 Å². The Morgan fingerprint density at radius 1 is 1.03 bits per heavy atom. The fraction of sp³-hybridized carbons (Fsp3) is 0.407. The Labute approximate surface area is 210 Å². The first-order valence-electron chi connectivity index (χ1n) is 12.1. The standard InChI is InChI=1S/C27H32N4O3S/c1-19(32)28-17-16-26-29-30-27(31(26)23-12-14-24(34-2)15-13-23)35-18-25(33)22-10-8-21(9-11-22)20-6-4-3-5-7-20/h8-15,20H,3-7,16-18H2,1-2H3,(H,28,32). The minimum atomic E-state index is -0.0878. The van der Waals surface area contributed by atoms with Gasteiger partial charge in [-0.25, -0.2) is 0 Å². The zero-order valence-corrected chi connectivity index (χ0v) is 21.1. The van der Waals surface area contributed by atoms with Gasteiger partial charge >= 0.3 is 0 Å². The minimum absolute atomic E-state index is 0.0641. The Morgan fingerprint density at radius 2 is 1.74 bits per heavy atom. The Balaban J connectivity index is 1.47. The first-order chi connectivity index (χ1) is 17.0. The predicted molar refractivity (Wildman–Crippen MR) is 138 cm³/mol. The SMILES string of the molecule is COc1ccc(-n2c(CCNC(C)=O)nnc2SCC(=O)c2ccc(C3CCCCC3)cc2)cc1. The lowest BCUT2D eigenvalue weighted by Gasteiger charge is -2.22. The van der Waals surface area contributed by atoms with Crippen molar-refractivity contribution >= 4 is 23.5 Å². The third kappa shape index (κ3) is 6.51. The van der Waals surface area contributed by atoms with Gasteiger partial charge in [-0.3, -0.25) is 14.2 Å². The maximum atomic E-state index is 12.9. The first-order valence-corrected chi connectivity index (χ1v) is 13.1. The Kier molecular flexibility index (Phi) is 8.58. The van der Waals surface area contributed by atoms with Crippen LogP contribution < -0.4 is 10.1 Å². The second kappa shape index (κ2) is 12.0. The number of nitrogens with one attached hydrogen (secondary N) is 1. The topological polar surface area (TPSA) is 86.1 Å². The van der Waals surface area contributed by atoms with Crippen LogP contribution in [0.2, 0.25) is 0 Å². The van der Waals surface area contributed by atoms with E-state index in [-0.39, 0.29) is 17.4 Å². The molecule has 0 unspecified atom stereocenters. The van der Waals surface area contributed by atoms with Crippen LogP contribution in [0.1, 0.15) is 66.7 Å². The van der Waals surface area contributed by atoms with E-state index in [0.717, 1.165) is 22.8 Å². The molecule has 0 radical (unpaired) electrons. The molecule has 8 heteroatoms. The molecule has 7 nitrogen and oxygen atoms in total. The lowest BCUT2D eigenvalue weighted by Crippen LogP contribution is -2.23. The normalized spacial score (nSPS) is 14.0. The molecule has 35 heavy (non-hydrogen) atoms. The number of ketones is 1. The van der Waals surface area contributed by atoms with E-state index in [0.29, 0.717) is 24.0 Å². The fourth-order valence-corrected chi connectivity index (χ4v) is 5.35. The van der Waals surface area contributed by atoms with Gasteiger partial charge in [0.05, 0.1) is 12.9 Å². The van der Waals surface area contributed by atoms with E-state index in [2.05, 4.69) is 27.6 Å². The second-order valence-corrected chi connectivity index (χ2v) is 9.78. The van der Waals surface area contributed by atoms with Crippen LogP contribution in [0.3, 0.4) is 0 Å². The molecule has 1 aliphatic carbocycles. The molecule has 0 spiro atoms. The number of benzene rings is 2. The molecule has 2 aromatic carbocycles. The van der Waals surface area contributed by atoms with Crippen LogP contribution in [0.15, 0.2) is 53.7 Å². The highest BCUT2D eigenvalue weighted by molar-refractivity contribution is 7.99. The quantitative estimate of drug-likeness (QED) is 0.317. The second-order valence-electron chi connectivity index (χ2n) is 8.83. The number of nitrogens with zero attached hydrogens (tertiary/aromatic N) is 3. The Hall–Kier alpha value is -3.13. The van der Waals surface area contributed by atoms with E-state index in [9.17, 15) is 9.59 Å². The molecule has 1 amide bonds. The van der Waals surface area contributed by atoms with Gasteiger partial charge in [0, 0.05) is 31.1 Å². The molecule has 184 valence electrons. The van der Waals surface area contributed by atoms with Crippen LogP contribution in [0.5, 0.6) is 5.75 Å². The van der Waals surface area contributed by atoms with Gasteiger partial charge in [-0.15, -0.1) is 10.2 Å². The third-order valence-corrected chi connectivity index (χ3v) is 7.32. The van der Waals surface area contributed by atoms with Crippen LogP contribution in [0.25, 0.3) is 5.69 Å². The van der Waals surface area contributed by atoms with Gasteiger partial charge in [-0.2, -0.15) is 0 Å². The lowest BCUT2D eigenvalue weighted by molar-refractivity contribution is -0.118.